The Morgan fingerprint density at radius 2 is 2.47 bits per heavy atom. The van der Waals surface area contributed by atoms with Crippen LogP contribution in [0.4, 0.5) is 0 Å². The molecule has 0 aliphatic carbocycles. The zero-order chi connectivity index (χ0) is 10.8. The summed E-state index contributed by atoms with van der Waals surface area (Å²) in [6.45, 7) is 1.96. The summed E-state index contributed by atoms with van der Waals surface area (Å²) in [7, 11) is 0. The fourth-order valence-corrected chi connectivity index (χ4v) is 1.43. The van der Waals surface area contributed by atoms with Crippen molar-refractivity contribution in [2.24, 2.45) is 11.0 Å². The second-order valence-corrected chi connectivity index (χ2v) is 3.10. The number of Topliss-reactive ketones (excluding diaryl/α,β-unsaturated/α-hetero) is 1. The van der Waals surface area contributed by atoms with Gasteiger partial charge in [-0.1, -0.05) is 0 Å². The Morgan fingerprint density at radius 3 is 3.20 bits per heavy atom. The van der Waals surface area contributed by atoms with Gasteiger partial charge in [0.2, 0.25) is 5.78 Å². The number of ketones is 1. The zero-order valence-corrected chi connectivity index (χ0v) is 8.21. The van der Waals surface area contributed by atoms with Crippen molar-refractivity contribution in [3.05, 3.63) is 24.0 Å². The van der Waals surface area contributed by atoms with Crippen molar-refractivity contribution < 1.29 is 14.3 Å². The summed E-state index contributed by atoms with van der Waals surface area (Å²) in [5.41, 5.74) is 0.413. The smallest absolute Gasteiger partial charge is 0.322 e. The van der Waals surface area contributed by atoms with E-state index in [1.54, 1.807) is 25.3 Å². The van der Waals surface area contributed by atoms with E-state index in [2.05, 4.69) is 5.10 Å². The molecule has 0 saturated heterocycles. The van der Waals surface area contributed by atoms with Crippen molar-refractivity contribution in [1.82, 2.24) is 4.68 Å². The van der Waals surface area contributed by atoms with Crippen LogP contribution in [-0.2, 0) is 9.53 Å². The van der Waals surface area contributed by atoms with Crippen molar-refractivity contribution in [2.75, 3.05) is 6.61 Å². The summed E-state index contributed by atoms with van der Waals surface area (Å²) in [5.74, 6) is -1.71. The predicted octanol–water partition coefficient (Wildman–Crippen LogP) is 0.698. The summed E-state index contributed by atoms with van der Waals surface area (Å²) in [4.78, 5) is 23.2. The van der Waals surface area contributed by atoms with E-state index >= 15 is 0 Å². The van der Waals surface area contributed by atoms with E-state index in [0.717, 1.165) is 0 Å². The molecule has 0 radical (unpaired) electrons. The van der Waals surface area contributed by atoms with Crippen molar-refractivity contribution in [2.45, 2.75) is 6.92 Å². The van der Waals surface area contributed by atoms with E-state index in [1.807, 2.05) is 0 Å². The molecule has 1 unspecified atom stereocenters. The number of ether oxygens (including phenoxy) is 1. The second kappa shape index (κ2) is 3.68. The molecule has 0 saturated carbocycles. The van der Waals surface area contributed by atoms with Gasteiger partial charge in [-0.3, -0.25) is 9.59 Å². The summed E-state index contributed by atoms with van der Waals surface area (Å²) in [6.07, 6.45) is 2.97. The van der Waals surface area contributed by atoms with Crippen LogP contribution in [0.5, 0.6) is 0 Å². The Bertz CT molecular complexity index is 434. The molecule has 78 valence electrons. The number of nitrogens with zero attached hydrogens (tertiary/aromatic N) is 2. The molecule has 0 bridgehead atoms. The maximum absolute atomic E-state index is 11.8. The van der Waals surface area contributed by atoms with Gasteiger partial charge in [-0.25, -0.2) is 4.68 Å². The van der Waals surface area contributed by atoms with Crippen LogP contribution in [0.25, 0.3) is 0 Å². The van der Waals surface area contributed by atoms with Crippen molar-refractivity contribution in [3.63, 3.8) is 0 Å². The molecule has 1 aliphatic rings. The van der Waals surface area contributed by atoms with Gasteiger partial charge in [0.1, 0.15) is 5.69 Å². The van der Waals surface area contributed by atoms with Crippen LogP contribution in [-0.4, -0.2) is 29.3 Å². The average Bonchev–Trinajstić information content (AvgIpc) is 2.67. The minimum absolute atomic E-state index is 0.261. The number of rotatable bonds is 2. The topological polar surface area (TPSA) is 60.7 Å². The van der Waals surface area contributed by atoms with Gasteiger partial charge in [0.05, 0.1) is 6.61 Å². The highest BCUT2D eigenvalue weighted by Crippen LogP contribution is 2.15. The number of esters is 1. The van der Waals surface area contributed by atoms with Crippen molar-refractivity contribution in [1.29, 1.82) is 0 Å². The first kappa shape index (κ1) is 9.64. The van der Waals surface area contributed by atoms with Crippen LogP contribution < -0.4 is 0 Å². The third-order valence-electron chi connectivity index (χ3n) is 2.14. The van der Waals surface area contributed by atoms with Crippen LogP contribution in [0, 0.1) is 5.92 Å². The second-order valence-electron chi connectivity index (χ2n) is 3.10. The Kier molecular flexibility index (Phi) is 2.37. The van der Waals surface area contributed by atoms with E-state index in [4.69, 9.17) is 4.74 Å². The van der Waals surface area contributed by atoms with E-state index in [-0.39, 0.29) is 12.4 Å². The Hall–Kier alpha value is -1.91. The van der Waals surface area contributed by atoms with Gasteiger partial charge in [-0.2, -0.15) is 5.10 Å². The quantitative estimate of drug-likeness (QED) is 0.528. The monoisotopic (exact) mass is 206 g/mol. The average molecular weight is 206 g/mol. The Balaban J connectivity index is 2.26. The van der Waals surface area contributed by atoms with Crippen LogP contribution in [0.3, 0.4) is 0 Å². The van der Waals surface area contributed by atoms with E-state index in [0.29, 0.717) is 5.69 Å². The molecule has 1 aliphatic heterocycles. The minimum Gasteiger partial charge on any atom is -0.465 e. The number of carbonyl (C=O) groups is 2. The first-order valence-electron chi connectivity index (χ1n) is 4.66. The molecule has 0 fully saturated rings. The number of hydrogen-bond acceptors (Lipinski definition) is 4. The lowest BCUT2D eigenvalue weighted by Crippen LogP contribution is -2.31. The molecule has 1 aromatic rings. The first-order valence-corrected chi connectivity index (χ1v) is 4.66. The van der Waals surface area contributed by atoms with Crippen LogP contribution >= 0.6 is 0 Å². The molecular weight excluding hydrogens is 196 g/mol. The lowest BCUT2D eigenvalue weighted by Gasteiger charge is -2.14. The standard InChI is InChI=1S/C10H10N2O3/c1-2-15-10(14)7-6-11-12-5-3-4-8(12)9(7)13/h3-7H,2H2,1H3. The lowest BCUT2D eigenvalue weighted by molar-refractivity contribution is -0.144. The van der Waals surface area contributed by atoms with Gasteiger partial charge < -0.3 is 4.74 Å². The molecule has 1 atom stereocenters. The summed E-state index contributed by atoms with van der Waals surface area (Å²) < 4.78 is 6.23. The minimum atomic E-state index is -0.896. The van der Waals surface area contributed by atoms with Crippen LogP contribution in [0.15, 0.2) is 23.4 Å². The third kappa shape index (κ3) is 1.56. The number of hydrogen-bond donors (Lipinski definition) is 0. The van der Waals surface area contributed by atoms with Crippen LogP contribution in [0.1, 0.15) is 17.4 Å². The van der Waals surface area contributed by atoms with Crippen molar-refractivity contribution in [3.8, 4) is 0 Å². The molecule has 5 nitrogen and oxygen atoms in total. The molecule has 15 heavy (non-hydrogen) atoms. The highest BCUT2D eigenvalue weighted by Gasteiger charge is 2.31. The maximum atomic E-state index is 11.8. The molecule has 5 heteroatoms. The zero-order valence-electron chi connectivity index (χ0n) is 8.21. The number of carbonyl (C=O) groups excluding carboxylic acids is 2. The predicted molar refractivity (Wildman–Crippen MR) is 52.8 cm³/mol. The van der Waals surface area contributed by atoms with Gasteiger partial charge in [-0.05, 0) is 19.1 Å². The number of aromatic nitrogens is 1. The Morgan fingerprint density at radius 1 is 1.67 bits per heavy atom. The number of fused-ring (bicyclic) bond motifs is 1. The molecule has 0 N–H and O–H groups in total. The van der Waals surface area contributed by atoms with Gasteiger partial charge in [0.15, 0.2) is 5.92 Å². The summed E-state index contributed by atoms with van der Waals surface area (Å²) >= 11 is 0. The molecule has 0 aromatic carbocycles. The molecule has 0 spiro atoms. The van der Waals surface area contributed by atoms with E-state index < -0.39 is 11.9 Å². The lowest BCUT2D eigenvalue weighted by atomic mass is 10.0. The Labute approximate surface area is 86.3 Å². The fourth-order valence-electron chi connectivity index (χ4n) is 1.43. The molecule has 0 amide bonds. The normalized spacial score (nSPS) is 18.7. The van der Waals surface area contributed by atoms with E-state index in [9.17, 15) is 9.59 Å². The molecule has 2 heterocycles. The highest BCUT2D eigenvalue weighted by molar-refractivity contribution is 6.18. The SMILES string of the molecule is CCOC(=O)C1C=Nn2cccc2C1=O. The van der Waals surface area contributed by atoms with Gasteiger partial charge in [0.25, 0.3) is 0 Å². The van der Waals surface area contributed by atoms with E-state index in [1.165, 1.54) is 10.9 Å². The summed E-state index contributed by atoms with van der Waals surface area (Å²) in [6, 6.07) is 3.34. The highest BCUT2D eigenvalue weighted by atomic mass is 16.5. The molecule has 2 rings (SSSR count). The maximum Gasteiger partial charge on any atom is 0.322 e. The fraction of sp³-hybridized carbons (Fsp3) is 0.300. The van der Waals surface area contributed by atoms with Gasteiger partial charge in [0, 0.05) is 12.4 Å². The summed E-state index contributed by atoms with van der Waals surface area (Å²) in [5, 5.41) is 3.96. The van der Waals surface area contributed by atoms with Crippen molar-refractivity contribution >= 4 is 18.0 Å². The first-order chi connectivity index (χ1) is 7.24. The molecule has 1 aromatic heterocycles. The van der Waals surface area contributed by atoms with Gasteiger partial charge >= 0.3 is 5.97 Å². The largest absolute Gasteiger partial charge is 0.465 e. The van der Waals surface area contributed by atoms with Gasteiger partial charge in [-0.15, -0.1) is 0 Å². The molecular formula is C10H10N2O3. The van der Waals surface area contributed by atoms with Crippen LogP contribution in [0.2, 0.25) is 0 Å². The third-order valence-corrected chi connectivity index (χ3v) is 2.14.